The van der Waals surface area contributed by atoms with E-state index in [0.717, 1.165) is 32.4 Å². The molecule has 1 aromatic rings. The van der Waals surface area contributed by atoms with Gasteiger partial charge in [0.05, 0.1) is 11.5 Å². The second-order valence-electron chi connectivity index (χ2n) is 5.84. The maximum Gasteiger partial charge on any atom is 0.293 e. The third-order valence-corrected chi connectivity index (χ3v) is 3.93. The number of methoxy groups -OCH3 is 1. The Kier molecular flexibility index (Phi) is 5.92. The van der Waals surface area contributed by atoms with Gasteiger partial charge in [0.1, 0.15) is 5.69 Å². The first kappa shape index (κ1) is 17.2. The normalized spacial score (nSPS) is 16.0. The van der Waals surface area contributed by atoms with Gasteiger partial charge in [-0.1, -0.05) is 0 Å². The van der Waals surface area contributed by atoms with Crippen LogP contribution in [0.5, 0.6) is 0 Å². The van der Waals surface area contributed by atoms with Crippen LogP contribution in [0.2, 0.25) is 0 Å². The number of hydrogen-bond acceptors (Lipinski definition) is 5. The molecule has 1 unspecified atom stereocenters. The number of nitro benzene ring substituents is 1. The summed E-state index contributed by atoms with van der Waals surface area (Å²) < 4.78 is 4.97. The van der Waals surface area contributed by atoms with Crippen LogP contribution >= 0.6 is 0 Å². The molecule has 0 saturated carbocycles. The average molecular weight is 321 g/mol. The molecule has 7 heteroatoms. The topological polar surface area (TPSA) is 84.7 Å². The summed E-state index contributed by atoms with van der Waals surface area (Å²) in [6.45, 7) is 3.84. The maximum atomic E-state index is 12.2. The van der Waals surface area contributed by atoms with Crippen molar-refractivity contribution in [2.24, 2.45) is 0 Å². The Morgan fingerprint density at radius 3 is 2.70 bits per heavy atom. The van der Waals surface area contributed by atoms with Gasteiger partial charge in [-0.3, -0.25) is 14.9 Å². The summed E-state index contributed by atoms with van der Waals surface area (Å²) in [6, 6.07) is 4.53. The summed E-state index contributed by atoms with van der Waals surface area (Å²) in [5.74, 6) is -0.331. The molecule has 2 rings (SSSR count). The van der Waals surface area contributed by atoms with Crippen LogP contribution in [-0.2, 0) is 4.74 Å². The fraction of sp³-hybridized carbons (Fsp3) is 0.562. The van der Waals surface area contributed by atoms with Gasteiger partial charge in [-0.15, -0.1) is 0 Å². The number of nitrogens with zero attached hydrogens (tertiary/aromatic N) is 2. The highest BCUT2D eigenvalue weighted by molar-refractivity contribution is 5.96. The van der Waals surface area contributed by atoms with Crippen molar-refractivity contribution in [2.75, 3.05) is 31.7 Å². The average Bonchev–Trinajstić information content (AvgIpc) is 2.55. The number of carbonyl (C=O) groups is 1. The molecule has 7 nitrogen and oxygen atoms in total. The van der Waals surface area contributed by atoms with Crippen LogP contribution in [0.1, 0.15) is 36.5 Å². The summed E-state index contributed by atoms with van der Waals surface area (Å²) >= 11 is 0. The van der Waals surface area contributed by atoms with E-state index in [4.69, 9.17) is 4.74 Å². The van der Waals surface area contributed by atoms with Crippen molar-refractivity contribution in [3.05, 3.63) is 33.9 Å². The number of amides is 1. The third kappa shape index (κ3) is 4.41. The highest BCUT2D eigenvalue weighted by atomic mass is 16.6. The van der Waals surface area contributed by atoms with E-state index in [-0.39, 0.29) is 17.6 Å². The predicted molar refractivity (Wildman–Crippen MR) is 88.0 cm³/mol. The number of nitrogens with one attached hydrogen (secondary N) is 1. The highest BCUT2D eigenvalue weighted by Crippen LogP contribution is 2.31. The van der Waals surface area contributed by atoms with Gasteiger partial charge in [0, 0.05) is 37.9 Å². The number of piperidine rings is 1. The van der Waals surface area contributed by atoms with Gasteiger partial charge in [0.15, 0.2) is 0 Å². The van der Waals surface area contributed by atoms with E-state index in [1.165, 1.54) is 6.07 Å². The Bertz CT molecular complexity index is 570. The van der Waals surface area contributed by atoms with Crippen molar-refractivity contribution in [1.82, 2.24) is 5.32 Å². The highest BCUT2D eigenvalue weighted by Gasteiger charge is 2.23. The van der Waals surface area contributed by atoms with E-state index in [0.29, 0.717) is 17.9 Å². The molecule has 0 aromatic heterocycles. The molecule has 0 aliphatic carbocycles. The third-order valence-electron chi connectivity index (χ3n) is 3.93. The summed E-state index contributed by atoms with van der Waals surface area (Å²) in [6.07, 6.45) is 3.23. The lowest BCUT2D eigenvalue weighted by atomic mass is 10.1. The quantitative estimate of drug-likeness (QED) is 0.642. The van der Waals surface area contributed by atoms with E-state index in [1.807, 2.05) is 11.8 Å². The number of carbonyl (C=O) groups excluding carboxylic acids is 1. The molecular weight excluding hydrogens is 298 g/mol. The Labute approximate surface area is 135 Å². The van der Waals surface area contributed by atoms with Gasteiger partial charge in [-0.25, -0.2) is 0 Å². The standard InChI is InChI=1S/C16H23N3O4/c1-12(11-23-2)17-16(20)13-6-7-14(15(10-13)19(21)22)18-8-4-3-5-9-18/h6-7,10,12H,3-5,8-9,11H2,1-2H3,(H,17,20). The molecule has 0 spiro atoms. The molecule has 1 atom stereocenters. The first-order chi connectivity index (χ1) is 11.0. The van der Waals surface area contributed by atoms with E-state index < -0.39 is 4.92 Å². The first-order valence-electron chi connectivity index (χ1n) is 7.86. The molecule has 1 amide bonds. The monoisotopic (exact) mass is 321 g/mol. The Balaban J connectivity index is 2.21. The molecule has 1 aliphatic heterocycles. The molecule has 1 aromatic carbocycles. The first-order valence-corrected chi connectivity index (χ1v) is 7.86. The summed E-state index contributed by atoms with van der Waals surface area (Å²) in [5.41, 5.74) is 0.871. The van der Waals surface area contributed by atoms with Gasteiger partial charge < -0.3 is 15.0 Å². The maximum absolute atomic E-state index is 12.2. The lowest BCUT2D eigenvalue weighted by molar-refractivity contribution is -0.384. The SMILES string of the molecule is COCC(C)NC(=O)c1ccc(N2CCCCC2)c([N+](=O)[O-])c1. The van der Waals surface area contributed by atoms with Crippen molar-refractivity contribution in [2.45, 2.75) is 32.2 Å². The van der Waals surface area contributed by atoms with E-state index in [2.05, 4.69) is 5.32 Å². The number of hydrogen-bond donors (Lipinski definition) is 1. The number of anilines is 1. The fourth-order valence-electron chi connectivity index (χ4n) is 2.81. The van der Waals surface area contributed by atoms with Crippen LogP contribution in [0.4, 0.5) is 11.4 Å². The summed E-state index contributed by atoms with van der Waals surface area (Å²) in [7, 11) is 1.56. The largest absolute Gasteiger partial charge is 0.383 e. The van der Waals surface area contributed by atoms with Gasteiger partial charge >= 0.3 is 0 Å². The number of benzene rings is 1. The molecule has 1 N–H and O–H groups in total. The predicted octanol–water partition coefficient (Wildman–Crippen LogP) is 2.35. The summed E-state index contributed by atoms with van der Waals surface area (Å²) in [4.78, 5) is 25.2. The molecule has 126 valence electrons. The van der Waals surface area contributed by atoms with Crippen molar-refractivity contribution >= 4 is 17.3 Å². The van der Waals surface area contributed by atoms with Crippen molar-refractivity contribution in [3.63, 3.8) is 0 Å². The van der Waals surface area contributed by atoms with Crippen LogP contribution in [0, 0.1) is 10.1 Å². The Hall–Kier alpha value is -2.15. The zero-order chi connectivity index (χ0) is 16.8. The minimum Gasteiger partial charge on any atom is -0.383 e. The number of nitro groups is 1. The minimum absolute atomic E-state index is 0.0149. The van der Waals surface area contributed by atoms with Crippen molar-refractivity contribution < 1.29 is 14.5 Å². The molecule has 1 saturated heterocycles. The molecule has 0 radical (unpaired) electrons. The van der Waals surface area contributed by atoms with E-state index in [9.17, 15) is 14.9 Å². The second kappa shape index (κ2) is 7.92. The van der Waals surface area contributed by atoms with Crippen LogP contribution < -0.4 is 10.2 Å². The van der Waals surface area contributed by atoms with Crippen molar-refractivity contribution in [3.8, 4) is 0 Å². The number of ether oxygens (including phenoxy) is 1. The molecular formula is C16H23N3O4. The molecule has 1 aliphatic rings. The molecule has 1 heterocycles. The van der Waals surface area contributed by atoms with Crippen LogP contribution in [0.15, 0.2) is 18.2 Å². The molecule has 1 fully saturated rings. The van der Waals surface area contributed by atoms with Crippen molar-refractivity contribution in [1.29, 1.82) is 0 Å². The minimum atomic E-state index is -0.417. The second-order valence-corrected chi connectivity index (χ2v) is 5.84. The Morgan fingerprint density at radius 1 is 1.39 bits per heavy atom. The zero-order valence-corrected chi connectivity index (χ0v) is 13.6. The van der Waals surface area contributed by atoms with Gasteiger partial charge in [0.2, 0.25) is 0 Å². The smallest absolute Gasteiger partial charge is 0.293 e. The molecule has 0 bridgehead atoms. The summed E-state index contributed by atoms with van der Waals surface area (Å²) in [5, 5.41) is 14.2. The Morgan fingerprint density at radius 2 is 2.09 bits per heavy atom. The number of rotatable bonds is 6. The fourth-order valence-corrected chi connectivity index (χ4v) is 2.81. The van der Waals surface area contributed by atoms with Crippen LogP contribution in [-0.4, -0.2) is 43.7 Å². The lowest BCUT2D eigenvalue weighted by Crippen LogP contribution is -2.35. The van der Waals surface area contributed by atoms with Gasteiger partial charge in [-0.05, 0) is 38.3 Å². The van der Waals surface area contributed by atoms with Gasteiger partial charge in [-0.2, -0.15) is 0 Å². The van der Waals surface area contributed by atoms with Crippen LogP contribution in [0.25, 0.3) is 0 Å². The zero-order valence-electron chi connectivity index (χ0n) is 13.6. The molecule has 23 heavy (non-hydrogen) atoms. The van der Waals surface area contributed by atoms with E-state index >= 15 is 0 Å². The lowest BCUT2D eigenvalue weighted by Gasteiger charge is -2.28. The van der Waals surface area contributed by atoms with E-state index in [1.54, 1.807) is 19.2 Å². The van der Waals surface area contributed by atoms with Crippen LogP contribution in [0.3, 0.4) is 0 Å². The van der Waals surface area contributed by atoms with Gasteiger partial charge in [0.25, 0.3) is 11.6 Å².